The average molecular weight is 264 g/mol. The Morgan fingerprint density at radius 3 is 1.50 bits per heavy atom. The SMILES string of the molecule is Nc1cc(N)c2ccc3c(O)cc(O)c4ccc1c2c43. The third kappa shape index (κ3) is 1.15. The van der Waals surface area contributed by atoms with E-state index in [9.17, 15) is 10.2 Å². The molecule has 0 atom stereocenters. The third-order valence-electron chi connectivity index (χ3n) is 3.92. The van der Waals surface area contributed by atoms with E-state index < -0.39 is 0 Å². The molecule has 4 aromatic rings. The molecule has 0 amide bonds. The third-order valence-corrected chi connectivity index (χ3v) is 3.92. The fourth-order valence-corrected chi connectivity index (χ4v) is 3.01. The lowest BCUT2D eigenvalue weighted by atomic mass is 9.92. The van der Waals surface area contributed by atoms with Crippen LogP contribution in [-0.4, -0.2) is 10.2 Å². The number of anilines is 2. The number of hydrogen-bond donors (Lipinski definition) is 4. The fraction of sp³-hybridized carbons (Fsp3) is 0. The highest BCUT2D eigenvalue weighted by Crippen LogP contribution is 2.44. The number of nitrogen functional groups attached to an aromatic ring is 2. The maximum Gasteiger partial charge on any atom is 0.127 e. The molecule has 0 aliphatic rings. The van der Waals surface area contributed by atoms with E-state index in [1.54, 1.807) is 6.07 Å². The van der Waals surface area contributed by atoms with Gasteiger partial charge in [0.15, 0.2) is 0 Å². The first-order valence-electron chi connectivity index (χ1n) is 6.25. The molecule has 4 heteroatoms. The molecule has 0 spiro atoms. The molecule has 0 heterocycles. The van der Waals surface area contributed by atoms with E-state index >= 15 is 0 Å². The lowest BCUT2D eigenvalue weighted by molar-refractivity contribution is 0.458. The van der Waals surface area contributed by atoms with Crippen molar-refractivity contribution in [2.45, 2.75) is 0 Å². The van der Waals surface area contributed by atoms with Crippen LogP contribution in [0.2, 0.25) is 0 Å². The molecule has 0 aromatic heterocycles. The maximum absolute atomic E-state index is 10.0. The molecule has 0 saturated heterocycles. The molecular weight excluding hydrogens is 252 g/mol. The minimum atomic E-state index is 0.0467. The van der Waals surface area contributed by atoms with E-state index in [1.807, 2.05) is 24.3 Å². The predicted octanol–water partition coefficient (Wildman–Crippen LogP) is 3.16. The number of rotatable bonds is 0. The zero-order chi connectivity index (χ0) is 14.0. The van der Waals surface area contributed by atoms with Crippen molar-refractivity contribution in [2.75, 3.05) is 11.5 Å². The van der Waals surface area contributed by atoms with Crippen LogP contribution in [0.5, 0.6) is 11.5 Å². The molecule has 0 unspecified atom stereocenters. The quantitative estimate of drug-likeness (QED) is 0.290. The van der Waals surface area contributed by atoms with Crippen molar-refractivity contribution in [3.8, 4) is 11.5 Å². The minimum Gasteiger partial charge on any atom is -0.507 e. The molecule has 4 nitrogen and oxygen atoms in total. The van der Waals surface area contributed by atoms with Gasteiger partial charge in [-0.25, -0.2) is 0 Å². The van der Waals surface area contributed by atoms with Gasteiger partial charge < -0.3 is 21.7 Å². The van der Waals surface area contributed by atoms with E-state index in [2.05, 4.69) is 0 Å². The van der Waals surface area contributed by atoms with Gasteiger partial charge in [0, 0.05) is 49.8 Å². The second kappa shape index (κ2) is 3.36. The lowest BCUT2D eigenvalue weighted by Crippen LogP contribution is -1.95. The molecule has 0 aliphatic carbocycles. The summed E-state index contributed by atoms with van der Waals surface area (Å²) < 4.78 is 0. The number of phenolic OH excluding ortho intramolecular Hbond substituents is 2. The Hall–Kier alpha value is -2.88. The standard InChI is InChI=1S/C16H12N2O2/c17-11-5-12(18)8-2-4-10-14(20)6-13(19)9-3-1-7(11)15(8)16(9)10/h1-6,19-20H,17-18H2. The van der Waals surface area contributed by atoms with E-state index in [-0.39, 0.29) is 11.5 Å². The van der Waals surface area contributed by atoms with Crippen molar-refractivity contribution >= 4 is 43.7 Å². The van der Waals surface area contributed by atoms with Gasteiger partial charge in [-0.05, 0) is 18.2 Å². The number of nitrogens with two attached hydrogens (primary N) is 2. The van der Waals surface area contributed by atoms with Crippen LogP contribution >= 0.6 is 0 Å². The summed E-state index contributed by atoms with van der Waals surface area (Å²) in [5.41, 5.74) is 13.3. The molecule has 4 rings (SSSR count). The molecule has 0 saturated carbocycles. The van der Waals surface area contributed by atoms with Gasteiger partial charge >= 0.3 is 0 Å². The summed E-state index contributed by atoms with van der Waals surface area (Å²) in [5.74, 6) is 0.0933. The van der Waals surface area contributed by atoms with Crippen LogP contribution in [-0.2, 0) is 0 Å². The first kappa shape index (κ1) is 11.0. The van der Waals surface area contributed by atoms with Gasteiger partial charge in [-0.15, -0.1) is 0 Å². The van der Waals surface area contributed by atoms with Crippen molar-refractivity contribution in [2.24, 2.45) is 0 Å². The maximum atomic E-state index is 10.0. The summed E-state index contributed by atoms with van der Waals surface area (Å²) in [4.78, 5) is 0. The van der Waals surface area contributed by atoms with Crippen LogP contribution in [0.4, 0.5) is 11.4 Å². The summed E-state index contributed by atoms with van der Waals surface area (Å²) >= 11 is 0. The van der Waals surface area contributed by atoms with Gasteiger partial charge in [-0.2, -0.15) is 0 Å². The summed E-state index contributed by atoms with van der Waals surface area (Å²) in [6.07, 6.45) is 0. The molecule has 98 valence electrons. The molecule has 0 bridgehead atoms. The van der Waals surface area contributed by atoms with Crippen LogP contribution < -0.4 is 11.5 Å². The predicted molar refractivity (Wildman–Crippen MR) is 82.3 cm³/mol. The normalized spacial score (nSPS) is 11.8. The van der Waals surface area contributed by atoms with E-state index in [1.165, 1.54) is 6.07 Å². The topological polar surface area (TPSA) is 92.5 Å². The molecule has 0 radical (unpaired) electrons. The first-order valence-corrected chi connectivity index (χ1v) is 6.25. The number of phenols is 2. The van der Waals surface area contributed by atoms with Crippen LogP contribution in [0, 0.1) is 0 Å². The van der Waals surface area contributed by atoms with Gasteiger partial charge in [0.2, 0.25) is 0 Å². The molecule has 6 N–H and O–H groups in total. The van der Waals surface area contributed by atoms with Crippen LogP contribution in [0.1, 0.15) is 0 Å². The molecule has 0 fully saturated rings. The number of benzene rings is 4. The number of hydrogen-bond acceptors (Lipinski definition) is 4. The molecule has 4 aromatic carbocycles. The average Bonchev–Trinajstić information content (AvgIpc) is 2.42. The highest BCUT2D eigenvalue weighted by molar-refractivity contribution is 6.29. The van der Waals surface area contributed by atoms with Crippen LogP contribution in [0.15, 0.2) is 36.4 Å². The smallest absolute Gasteiger partial charge is 0.127 e. The van der Waals surface area contributed by atoms with Crippen molar-refractivity contribution in [1.29, 1.82) is 0 Å². The summed E-state index contributed by atoms with van der Waals surface area (Å²) in [6, 6.07) is 10.5. The highest BCUT2D eigenvalue weighted by atomic mass is 16.3. The number of aromatic hydroxyl groups is 2. The molecular formula is C16H12N2O2. The molecule has 20 heavy (non-hydrogen) atoms. The van der Waals surface area contributed by atoms with Crippen LogP contribution in [0.3, 0.4) is 0 Å². The monoisotopic (exact) mass is 264 g/mol. The van der Waals surface area contributed by atoms with Gasteiger partial charge in [0.25, 0.3) is 0 Å². The Kier molecular flexibility index (Phi) is 1.85. The van der Waals surface area contributed by atoms with Gasteiger partial charge in [0.1, 0.15) is 11.5 Å². The second-order valence-electron chi connectivity index (χ2n) is 5.04. The Balaban J connectivity index is 2.47. The summed E-state index contributed by atoms with van der Waals surface area (Å²) in [6.45, 7) is 0. The summed E-state index contributed by atoms with van der Waals surface area (Å²) in [5, 5.41) is 24.9. The Morgan fingerprint density at radius 2 is 1.00 bits per heavy atom. The van der Waals surface area contributed by atoms with Crippen molar-refractivity contribution in [3.05, 3.63) is 36.4 Å². The second-order valence-corrected chi connectivity index (χ2v) is 5.04. The largest absolute Gasteiger partial charge is 0.507 e. The van der Waals surface area contributed by atoms with E-state index in [0.29, 0.717) is 22.1 Å². The Labute approximate surface area is 114 Å². The first-order chi connectivity index (χ1) is 9.58. The van der Waals surface area contributed by atoms with Crippen molar-refractivity contribution in [1.82, 2.24) is 0 Å². The Morgan fingerprint density at radius 1 is 0.600 bits per heavy atom. The lowest BCUT2D eigenvalue weighted by Gasteiger charge is -2.15. The zero-order valence-corrected chi connectivity index (χ0v) is 10.5. The van der Waals surface area contributed by atoms with Crippen molar-refractivity contribution in [3.63, 3.8) is 0 Å². The summed E-state index contributed by atoms with van der Waals surface area (Å²) in [7, 11) is 0. The van der Waals surface area contributed by atoms with E-state index in [4.69, 9.17) is 11.5 Å². The van der Waals surface area contributed by atoms with Crippen molar-refractivity contribution < 1.29 is 10.2 Å². The van der Waals surface area contributed by atoms with Gasteiger partial charge in [-0.1, -0.05) is 12.1 Å². The van der Waals surface area contributed by atoms with Crippen LogP contribution in [0.25, 0.3) is 32.3 Å². The fourth-order valence-electron chi connectivity index (χ4n) is 3.01. The van der Waals surface area contributed by atoms with E-state index in [0.717, 1.165) is 21.5 Å². The Bertz CT molecular complexity index is 839. The zero-order valence-electron chi connectivity index (χ0n) is 10.5. The van der Waals surface area contributed by atoms with Gasteiger partial charge in [0.05, 0.1) is 0 Å². The van der Waals surface area contributed by atoms with Gasteiger partial charge in [-0.3, -0.25) is 0 Å². The highest BCUT2D eigenvalue weighted by Gasteiger charge is 2.16. The minimum absolute atomic E-state index is 0.0467. The molecule has 0 aliphatic heterocycles.